The zero-order valence-electron chi connectivity index (χ0n) is 13.7. The average Bonchev–Trinajstić information content (AvgIpc) is 2.57. The maximum atomic E-state index is 5.38. The van der Waals surface area contributed by atoms with Crippen molar-refractivity contribution < 1.29 is 14.2 Å². The van der Waals surface area contributed by atoms with Gasteiger partial charge in [0.05, 0.1) is 26.9 Å². The van der Waals surface area contributed by atoms with Gasteiger partial charge in [0.25, 0.3) is 0 Å². The fraction of sp³-hybridized carbons (Fsp3) is 0.562. The molecule has 0 heterocycles. The minimum Gasteiger partial charge on any atom is -0.497 e. The number of nitrogens with one attached hydrogen (secondary N) is 2. The molecular weight excluding hydrogens is 282 g/mol. The molecule has 1 rings (SSSR count). The number of rotatable bonds is 10. The third-order valence-electron chi connectivity index (χ3n) is 3.06. The van der Waals surface area contributed by atoms with Crippen LogP contribution in [0, 0.1) is 0 Å². The number of benzene rings is 1. The number of ether oxygens (including phenoxy) is 3. The Balaban J connectivity index is 2.15. The Bertz CT molecular complexity index is 421. The number of hydrogen-bond donors (Lipinski definition) is 2. The lowest BCUT2D eigenvalue weighted by Crippen LogP contribution is -2.39. The van der Waals surface area contributed by atoms with Crippen molar-refractivity contribution in [3.8, 4) is 5.75 Å². The van der Waals surface area contributed by atoms with Gasteiger partial charge in [-0.15, -0.1) is 0 Å². The number of hydrogen-bond acceptors (Lipinski definition) is 4. The Labute approximate surface area is 132 Å². The second kappa shape index (κ2) is 11.8. The quantitative estimate of drug-likeness (QED) is 0.384. The van der Waals surface area contributed by atoms with Gasteiger partial charge in [-0.1, -0.05) is 12.1 Å². The van der Waals surface area contributed by atoms with Crippen LogP contribution >= 0.6 is 0 Å². The van der Waals surface area contributed by atoms with Crippen LogP contribution in [-0.4, -0.2) is 60.1 Å². The highest BCUT2D eigenvalue weighted by Gasteiger charge is 1.98. The molecule has 22 heavy (non-hydrogen) atoms. The van der Waals surface area contributed by atoms with Crippen LogP contribution in [0.15, 0.2) is 29.3 Å². The molecular formula is C16H27N3O3. The first-order valence-electron chi connectivity index (χ1n) is 7.44. The molecule has 0 amide bonds. The zero-order chi connectivity index (χ0) is 16.0. The minimum atomic E-state index is 0.613. The Hall–Kier alpha value is -1.79. The van der Waals surface area contributed by atoms with E-state index in [1.54, 1.807) is 21.3 Å². The van der Waals surface area contributed by atoms with Crippen LogP contribution in [0.1, 0.15) is 5.56 Å². The number of nitrogens with zero attached hydrogens (tertiary/aromatic N) is 1. The van der Waals surface area contributed by atoms with Crippen molar-refractivity contribution in [3.63, 3.8) is 0 Å². The summed E-state index contributed by atoms with van der Waals surface area (Å²) in [4.78, 5) is 4.17. The number of methoxy groups -OCH3 is 2. The Morgan fingerprint density at radius 1 is 1.00 bits per heavy atom. The summed E-state index contributed by atoms with van der Waals surface area (Å²) in [6.45, 7) is 3.39. The average molecular weight is 309 g/mol. The Kier molecular flexibility index (Phi) is 9.81. The van der Waals surface area contributed by atoms with E-state index in [0.29, 0.717) is 26.4 Å². The Morgan fingerprint density at radius 2 is 1.73 bits per heavy atom. The minimum absolute atomic E-state index is 0.613. The molecule has 0 atom stereocenters. The molecule has 0 unspecified atom stereocenters. The van der Waals surface area contributed by atoms with Gasteiger partial charge in [-0.25, -0.2) is 0 Å². The lowest BCUT2D eigenvalue weighted by Gasteiger charge is -2.12. The highest BCUT2D eigenvalue weighted by molar-refractivity contribution is 5.79. The second-order valence-electron chi connectivity index (χ2n) is 4.63. The van der Waals surface area contributed by atoms with E-state index in [0.717, 1.165) is 24.7 Å². The largest absolute Gasteiger partial charge is 0.497 e. The molecule has 1 aromatic rings. The molecule has 0 spiro atoms. The molecule has 0 saturated carbocycles. The van der Waals surface area contributed by atoms with E-state index in [9.17, 15) is 0 Å². The first kappa shape index (κ1) is 18.3. The predicted octanol–water partition coefficient (Wildman–Crippen LogP) is 1.07. The smallest absolute Gasteiger partial charge is 0.191 e. The molecule has 0 bridgehead atoms. The molecule has 0 aliphatic carbocycles. The van der Waals surface area contributed by atoms with Crippen molar-refractivity contribution in [2.75, 3.05) is 54.2 Å². The van der Waals surface area contributed by atoms with Crippen LogP contribution < -0.4 is 15.4 Å². The van der Waals surface area contributed by atoms with Crippen LogP contribution in [0.3, 0.4) is 0 Å². The van der Waals surface area contributed by atoms with E-state index in [1.165, 1.54) is 5.56 Å². The van der Waals surface area contributed by atoms with Crippen LogP contribution in [0.5, 0.6) is 5.75 Å². The van der Waals surface area contributed by atoms with E-state index >= 15 is 0 Å². The van der Waals surface area contributed by atoms with E-state index in [1.807, 2.05) is 12.1 Å². The van der Waals surface area contributed by atoms with E-state index in [2.05, 4.69) is 27.8 Å². The van der Waals surface area contributed by atoms with Gasteiger partial charge in [0, 0.05) is 27.2 Å². The first-order valence-corrected chi connectivity index (χ1v) is 7.44. The summed E-state index contributed by atoms with van der Waals surface area (Å²) in [5, 5.41) is 6.48. The van der Waals surface area contributed by atoms with Gasteiger partial charge in [0.15, 0.2) is 5.96 Å². The summed E-state index contributed by atoms with van der Waals surface area (Å²) in [5.74, 6) is 1.66. The van der Waals surface area contributed by atoms with Gasteiger partial charge >= 0.3 is 0 Å². The highest BCUT2D eigenvalue weighted by Crippen LogP contribution is 2.11. The molecule has 0 aliphatic rings. The van der Waals surface area contributed by atoms with Crippen molar-refractivity contribution >= 4 is 5.96 Å². The van der Waals surface area contributed by atoms with Gasteiger partial charge in [0.2, 0.25) is 0 Å². The molecule has 0 saturated heterocycles. The fourth-order valence-electron chi connectivity index (χ4n) is 1.82. The third kappa shape index (κ3) is 7.85. The highest BCUT2D eigenvalue weighted by atomic mass is 16.5. The molecule has 2 N–H and O–H groups in total. The molecule has 1 aromatic carbocycles. The van der Waals surface area contributed by atoms with Crippen LogP contribution in [0.2, 0.25) is 0 Å². The van der Waals surface area contributed by atoms with Crippen LogP contribution in [0.4, 0.5) is 0 Å². The van der Waals surface area contributed by atoms with Crippen molar-refractivity contribution in [3.05, 3.63) is 29.8 Å². The second-order valence-corrected chi connectivity index (χ2v) is 4.63. The number of guanidine groups is 1. The zero-order valence-corrected chi connectivity index (χ0v) is 13.7. The normalized spacial score (nSPS) is 11.3. The van der Waals surface area contributed by atoms with Crippen molar-refractivity contribution in [1.29, 1.82) is 0 Å². The summed E-state index contributed by atoms with van der Waals surface area (Å²) in [7, 11) is 5.09. The summed E-state index contributed by atoms with van der Waals surface area (Å²) in [6.07, 6.45) is 0.926. The van der Waals surface area contributed by atoms with E-state index in [-0.39, 0.29) is 0 Å². The monoisotopic (exact) mass is 309 g/mol. The molecule has 0 radical (unpaired) electrons. The third-order valence-corrected chi connectivity index (χ3v) is 3.06. The fourth-order valence-corrected chi connectivity index (χ4v) is 1.82. The van der Waals surface area contributed by atoms with Crippen molar-refractivity contribution in [1.82, 2.24) is 10.6 Å². The van der Waals surface area contributed by atoms with Crippen molar-refractivity contribution in [2.45, 2.75) is 6.42 Å². The molecule has 6 heteroatoms. The molecule has 124 valence electrons. The maximum Gasteiger partial charge on any atom is 0.191 e. The number of aliphatic imine (C=N–C) groups is 1. The molecule has 0 aliphatic heterocycles. The van der Waals surface area contributed by atoms with E-state index in [4.69, 9.17) is 14.2 Å². The maximum absolute atomic E-state index is 5.38. The standard InChI is InChI=1S/C16H27N3O3/c1-17-16(19-10-11-22-13-12-20-2)18-9-8-14-4-6-15(21-3)7-5-14/h4-7H,8-13H2,1-3H3,(H2,17,18,19). The van der Waals surface area contributed by atoms with E-state index < -0.39 is 0 Å². The van der Waals surface area contributed by atoms with Gasteiger partial charge in [-0.05, 0) is 24.1 Å². The SMILES string of the molecule is CN=C(NCCOCCOC)NCCc1ccc(OC)cc1. The van der Waals surface area contributed by atoms with Crippen LogP contribution in [0.25, 0.3) is 0 Å². The van der Waals surface area contributed by atoms with Gasteiger partial charge < -0.3 is 24.8 Å². The van der Waals surface area contributed by atoms with Gasteiger partial charge in [-0.2, -0.15) is 0 Å². The molecule has 0 aromatic heterocycles. The Morgan fingerprint density at radius 3 is 2.36 bits per heavy atom. The first-order chi connectivity index (χ1) is 10.8. The molecule has 6 nitrogen and oxygen atoms in total. The van der Waals surface area contributed by atoms with Gasteiger partial charge in [0.1, 0.15) is 5.75 Å². The lowest BCUT2D eigenvalue weighted by atomic mass is 10.1. The van der Waals surface area contributed by atoms with Crippen molar-refractivity contribution in [2.24, 2.45) is 4.99 Å². The van der Waals surface area contributed by atoms with Crippen LogP contribution in [-0.2, 0) is 15.9 Å². The summed E-state index contributed by atoms with van der Waals surface area (Å²) in [6, 6.07) is 8.08. The summed E-state index contributed by atoms with van der Waals surface area (Å²) >= 11 is 0. The topological polar surface area (TPSA) is 64.1 Å². The summed E-state index contributed by atoms with van der Waals surface area (Å²) < 4.78 is 15.4. The predicted molar refractivity (Wildman–Crippen MR) is 88.8 cm³/mol. The van der Waals surface area contributed by atoms with Gasteiger partial charge in [-0.3, -0.25) is 4.99 Å². The summed E-state index contributed by atoms with van der Waals surface area (Å²) in [5.41, 5.74) is 1.26. The molecule has 0 fully saturated rings. The lowest BCUT2D eigenvalue weighted by molar-refractivity contribution is 0.0733.